The lowest BCUT2D eigenvalue weighted by atomic mass is 10.1. The zero-order valence-electron chi connectivity index (χ0n) is 10.7. The molecule has 0 amide bonds. The molecule has 0 aromatic carbocycles. The number of aryl methyl sites for hydroxylation is 1. The maximum atomic E-state index is 6.23. The molecule has 2 aromatic heterocycles. The van der Waals surface area contributed by atoms with Crippen molar-refractivity contribution < 1.29 is 0 Å². The van der Waals surface area contributed by atoms with Crippen molar-refractivity contribution in [2.24, 2.45) is 0 Å². The topological polar surface area (TPSA) is 29.9 Å². The van der Waals surface area contributed by atoms with Crippen LogP contribution in [-0.2, 0) is 6.54 Å². The van der Waals surface area contributed by atoms with Crippen LogP contribution in [0.25, 0.3) is 0 Å². The second-order valence-electron chi connectivity index (χ2n) is 4.16. The van der Waals surface area contributed by atoms with Gasteiger partial charge in [-0.2, -0.15) is 5.10 Å². The lowest BCUT2D eigenvalue weighted by Gasteiger charge is -2.15. The van der Waals surface area contributed by atoms with E-state index in [1.807, 2.05) is 22.3 Å². The quantitative estimate of drug-likeness (QED) is 0.876. The molecule has 3 nitrogen and oxygen atoms in total. The third-order valence-corrected chi connectivity index (χ3v) is 4.18. The van der Waals surface area contributed by atoms with Crippen LogP contribution in [0.4, 0.5) is 0 Å². The molecule has 0 saturated carbocycles. The molecule has 0 bridgehead atoms. The molecule has 18 heavy (non-hydrogen) atoms. The van der Waals surface area contributed by atoms with Gasteiger partial charge in [0.05, 0.1) is 17.3 Å². The predicted octanol–water partition coefficient (Wildman–Crippen LogP) is 3.71. The Bertz CT molecular complexity index is 492. The standard InChI is InChI=1S/C13H18ClN3S/c1-3-6-17-9-10(8-16-17)12(15-4-2)13-11(14)5-7-18-13/h5,7-9,12,15H,3-4,6H2,1-2H3. The molecule has 0 saturated heterocycles. The van der Waals surface area contributed by atoms with Crippen LogP contribution in [0.3, 0.4) is 0 Å². The zero-order valence-corrected chi connectivity index (χ0v) is 12.3. The van der Waals surface area contributed by atoms with Gasteiger partial charge < -0.3 is 5.32 Å². The van der Waals surface area contributed by atoms with Gasteiger partial charge in [0, 0.05) is 23.2 Å². The number of halogens is 1. The van der Waals surface area contributed by atoms with Gasteiger partial charge in [0.15, 0.2) is 0 Å². The Kier molecular flexibility index (Phi) is 4.80. The highest BCUT2D eigenvalue weighted by molar-refractivity contribution is 7.10. The summed E-state index contributed by atoms with van der Waals surface area (Å²) in [6.07, 6.45) is 5.12. The Morgan fingerprint density at radius 1 is 1.50 bits per heavy atom. The van der Waals surface area contributed by atoms with Crippen molar-refractivity contribution in [3.8, 4) is 0 Å². The summed E-state index contributed by atoms with van der Waals surface area (Å²) in [7, 11) is 0. The third kappa shape index (κ3) is 2.94. The zero-order chi connectivity index (χ0) is 13.0. The summed E-state index contributed by atoms with van der Waals surface area (Å²) in [6.45, 7) is 6.11. The maximum Gasteiger partial charge on any atom is 0.0717 e. The molecule has 0 spiro atoms. The second kappa shape index (κ2) is 6.36. The largest absolute Gasteiger partial charge is 0.306 e. The van der Waals surface area contributed by atoms with E-state index in [1.165, 1.54) is 5.56 Å². The first-order valence-electron chi connectivity index (χ1n) is 6.24. The maximum absolute atomic E-state index is 6.23. The Balaban J connectivity index is 2.26. The number of hydrogen-bond donors (Lipinski definition) is 1. The summed E-state index contributed by atoms with van der Waals surface area (Å²) < 4.78 is 1.99. The van der Waals surface area contributed by atoms with E-state index >= 15 is 0 Å². The van der Waals surface area contributed by atoms with Gasteiger partial charge in [0.2, 0.25) is 0 Å². The molecule has 1 unspecified atom stereocenters. The van der Waals surface area contributed by atoms with Crippen LogP contribution in [0.15, 0.2) is 23.8 Å². The number of nitrogens with zero attached hydrogens (tertiary/aromatic N) is 2. The van der Waals surface area contributed by atoms with Crippen LogP contribution >= 0.6 is 22.9 Å². The average Bonchev–Trinajstić information content (AvgIpc) is 2.96. The van der Waals surface area contributed by atoms with E-state index in [0.717, 1.165) is 29.4 Å². The van der Waals surface area contributed by atoms with E-state index in [2.05, 4.69) is 30.5 Å². The SMILES string of the molecule is CCCn1cc(C(NCC)c2sccc2Cl)cn1. The van der Waals surface area contributed by atoms with Crippen molar-refractivity contribution in [3.05, 3.63) is 39.3 Å². The van der Waals surface area contributed by atoms with E-state index < -0.39 is 0 Å². The van der Waals surface area contributed by atoms with Crippen LogP contribution in [0.5, 0.6) is 0 Å². The van der Waals surface area contributed by atoms with Gasteiger partial charge in [-0.15, -0.1) is 11.3 Å². The van der Waals surface area contributed by atoms with Gasteiger partial charge in [-0.3, -0.25) is 4.68 Å². The van der Waals surface area contributed by atoms with Gasteiger partial charge in [-0.1, -0.05) is 25.4 Å². The molecule has 98 valence electrons. The highest BCUT2D eigenvalue weighted by Crippen LogP contribution is 2.32. The average molecular weight is 284 g/mol. The van der Waals surface area contributed by atoms with Gasteiger partial charge >= 0.3 is 0 Å². The monoisotopic (exact) mass is 283 g/mol. The summed E-state index contributed by atoms with van der Waals surface area (Å²) >= 11 is 7.91. The molecular weight excluding hydrogens is 266 g/mol. The summed E-state index contributed by atoms with van der Waals surface area (Å²) in [5.74, 6) is 0. The number of hydrogen-bond acceptors (Lipinski definition) is 3. The molecule has 0 fully saturated rings. The summed E-state index contributed by atoms with van der Waals surface area (Å²) in [6, 6.07) is 2.09. The molecule has 2 rings (SSSR count). The van der Waals surface area contributed by atoms with Crippen LogP contribution in [-0.4, -0.2) is 16.3 Å². The first-order valence-corrected chi connectivity index (χ1v) is 7.50. The van der Waals surface area contributed by atoms with Crippen molar-refractivity contribution >= 4 is 22.9 Å². The van der Waals surface area contributed by atoms with Gasteiger partial charge in [-0.05, 0) is 24.4 Å². The summed E-state index contributed by atoms with van der Waals surface area (Å²) in [5.41, 5.74) is 1.18. The Morgan fingerprint density at radius 2 is 2.33 bits per heavy atom. The fraction of sp³-hybridized carbons (Fsp3) is 0.462. The van der Waals surface area contributed by atoms with E-state index in [9.17, 15) is 0 Å². The second-order valence-corrected chi connectivity index (χ2v) is 5.52. The van der Waals surface area contributed by atoms with Crippen molar-refractivity contribution in [2.75, 3.05) is 6.54 Å². The van der Waals surface area contributed by atoms with Crippen LogP contribution in [0.1, 0.15) is 36.8 Å². The van der Waals surface area contributed by atoms with Crippen LogP contribution < -0.4 is 5.32 Å². The van der Waals surface area contributed by atoms with E-state index in [1.54, 1.807) is 11.3 Å². The summed E-state index contributed by atoms with van der Waals surface area (Å²) in [5, 5.41) is 10.7. The molecule has 1 N–H and O–H groups in total. The minimum absolute atomic E-state index is 0.146. The third-order valence-electron chi connectivity index (χ3n) is 2.75. The molecule has 5 heteroatoms. The van der Waals surface area contributed by atoms with Crippen molar-refractivity contribution in [1.29, 1.82) is 0 Å². The van der Waals surface area contributed by atoms with E-state index in [0.29, 0.717) is 0 Å². The molecule has 0 radical (unpaired) electrons. The van der Waals surface area contributed by atoms with Crippen LogP contribution in [0.2, 0.25) is 5.02 Å². The first-order chi connectivity index (χ1) is 8.76. The molecular formula is C13H18ClN3S. The van der Waals surface area contributed by atoms with E-state index in [4.69, 9.17) is 11.6 Å². The number of aromatic nitrogens is 2. The van der Waals surface area contributed by atoms with Gasteiger partial charge in [0.25, 0.3) is 0 Å². The number of thiophene rings is 1. The molecule has 2 heterocycles. The Labute approximate surface area is 117 Å². The highest BCUT2D eigenvalue weighted by Gasteiger charge is 2.18. The Morgan fingerprint density at radius 3 is 2.94 bits per heavy atom. The van der Waals surface area contributed by atoms with E-state index in [-0.39, 0.29) is 6.04 Å². The minimum Gasteiger partial charge on any atom is -0.306 e. The lowest BCUT2D eigenvalue weighted by molar-refractivity contribution is 0.598. The smallest absolute Gasteiger partial charge is 0.0717 e. The van der Waals surface area contributed by atoms with Crippen molar-refractivity contribution in [3.63, 3.8) is 0 Å². The molecule has 0 aliphatic rings. The Hall–Kier alpha value is -0.840. The first kappa shape index (κ1) is 13.6. The normalized spacial score (nSPS) is 12.8. The van der Waals surface area contributed by atoms with Crippen molar-refractivity contribution in [2.45, 2.75) is 32.9 Å². The fourth-order valence-corrected chi connectivity index (χ4v) is 3.22. The molecule has 2 aromatic rings. The molecule has 0 aliphatic heterocycles. The molecule has 1 atom stereocenters. The number of rotatable bonds is 6. The van der Waals surface area contributed by atoms with Crippen LogP contribution in [0, 0.1) is 0 Å². The lowest BCUT2D eigenvalue weighted by Crippen LogP contribution is -2.21. The van der Waals surface area contributed by atoms with Gasteiger partial charge in [-0.25, -0.2) is 0 Å². The minimum atomic E-state index is 0.146. The van der Waals surface area contributed by atoms with Crippen molar-refractivity contribution in [1.82, 2.24) is 15.1 Å². The van der Waals surface area contributed by atoms with Gasteiger partial charge in [0.1, 0.15) is 0 Å². The predicted molar refractivity (Wildman–Crippen MR) is 77.4 cm³/mol. The highest BCUT2D eigenvalue weighted by atomic mass is 35.5. The summed E-state index contributed by atoms with van der Waals surface area (Å²) in [4.78, 5) is 1.16. The number of nitrogens with one attached hydrogen (secondary N) is 1. The fourth-order valence-electron chi connectivity index (χ4n) is 1.96. The molecule has 0 aliphatic carbocycles.